The standard InChI is InChI=1S/C26H33NO2S/c1-18(2)21-10-6-7-11-22(21)23-16-19(17-25(28)27-30-26(3)14-15-26)12-13-24(23)29-20-8-4-5-9-20/h6-7,10-13,16,18,20H,4-5,8-9,14-15,17H2,1-3H3,(H,27,28). The number of benzene rings is 2. The molecule has 2 fully saturated rings. The number of carbonyl (C=O) groups excluding carboxylic acids is 1. The minimum atomic E-state index is 0.0701. The first-order valence-electron chi connectivity index (χ1n) is 11.3. The van der Waals surface area contributed by atoms with Gasteiger partial charge in [-0.25, -0.2) is 0 Å². The summed E-state index contributed by atoms with van der Waals surface area (Å²) in [6.07, 6.45) is 7.82. The van der Waals surface area contributed by atoms with Gasteiger partial charge < -0.3 is 4.74 Å². The monoisotopic (exact) mass is 423 g/mol. The van der Waals surface area contributed by atoms with Crippen LogP contribution in [-0.2, 0) is 11.2 Å². The topological polar surface area (TPSA) is 38.3 Å². The van der Waals surface area contributed by atoms with Crippen molar-refractivity contribution in [3.63, 3.8) is 0 Å². The van der Waals surface area contributed by atoms with Crippen molar-refractivity contribution in [3.05, 3.63) is 53.6 Å². The highest BCUT2D eigenvalue weighted by Gasteiger charge is 2.38. The zero-order valence-corrected chi connectivity index (χ0v) is 19.2. The number of amides is 1. The Balaban J connectivity index is 1.60. The minimum Gasteiger partial charge on any atom is -0.490 e. The fourth-order valence-electron chi connectivity index (χ4n) is 4.11. The fraction of sp³-hybridized carbons (Fsp3) is 0.500. The van der Waals surface area contributed by atoms with Gasteiger partial charge in [0.25, 0.3) is 0 Å². The van der Waals surface area contributed by atoms with Gasteiger partial charge in [0.15, 0.2) is 0 Å². The lowest BCUT2D eigenvalue weighted by Crippen LogP contribution is -2.21. The van der Waals surface area contributed by atoms with Gasteiger partial charge in [-0.15, -0.1) is 0 Å². The molecular formula is C26H33NO2S. The number of nitrogens with one attached hydrogen (secondary N) is 1. The average Bonchev–Trinajstić information content (AvgIpc) is 3.25. The summed E-state index contributed by atoms with van der Waals surface area (Å²) >= 11 is 1.58. The number of hydrogen-bond acceptors (Lipinski definition) is 3. The van der Waals surface area contributed by atoms with E-state index in [0.717, 1.165) is 29.7 Å². The predicted octanol–water partition coefficient (Wildman–Crippen LogP) is 6.66. The molecule has 2 aliphatic carbocycles. The molecule has 0 aliphatic heterocycles. The third kappa shape index (κ3) is 5.21. The van der Waals surface area contributed by atoms with Crippen LogP contribution in [0.4, 0.5) is 0 Å². The van der Waals surface area contributed by atoms with Crippen LogP contribution in [0, 0.1) is 0 Å². The molecule has 4 heteroatoms. The predicted molar refractivity (Wildman–Crippen MR) is 126 cm³/mol. The number of ether oxygens (including phenoxy) is 1. The first-order valence-corrected chi connectivity index (χ1v) is 12.1. The molecule has 0 spiro atoms. The van der Waals surface area contributed by atoms with E-state index in [1.165, 1.54) is 36.8 Å². The molecule has 1 amide bonds. The van der Waals surface area contributed by atoms with Crippen LogP contribution < -0.4 is 9.46 Å². The highest BCUT2D eigenvalue weighted by atomic mass is 32.2. The first-order chi connectivity index (χ1) is 14.4. The van der Waals surface area contributed by atoms with Gasteiger partial charge in [-0.05, 0) is 92.1 Å². The summed E-state index contributed by atoms with van der Waals surface area (Å²) in [4.78, 5) is 12.5. The maximum atomic E-state index is 12.5. The van der Waals surface area contributed by atoms with Crippen molar-refractivity contribution < 1.29 is 9.53 Å². The van der Waals surface area contributed by atoms with E-state index < -0.39 is 0 Å². The van der Waals surface area contributed by atoms with E-state index in [1.54, 1.807) is 11.9 Å². The van der Waals surface area contributed by atoms with E-state index in [1.807, 2.05) is 0 Å². The Morgan fingerprint density at radius 1 is 1.13 bits per heavy atom. The summed E-state index contributed by atoms with van der Waals surface area (Å²) in [5.41, 5.74) is 4.66. The lowest BCUT2D eigenvalue weighted by molar-refractivity contribution is -0.118. The molecule has 2 aromatic carbocycles. The largest absolute Gasteiger partial charge is 0.490 e. The molecule has 0 unspecified atom stereocenters. The fourth-order valence-corrected chi connectivity index (χ4v) is 4.85. The molecule has 0 heterocycles. The molecule has 2 saturated carbocycles. The summed E-state index contributed by atoms with van der Waals surface area (Å²) in [5.74, 6) is 1.43. The van der Waals surface area contributed by atoms with Gasteiger partial charge in [0.1, 0.15) is 5.75 Å². The molecule has 2 aromatic rings. The lowest BCUT2D eigenvalue weighted by Gasteiger charge is -2.20. The van der Waals surface area contributed by atoms with Crippen LogP contribution in [0.25, 0.3) is 11.1 Å². The van der Waals surface area contributed by atoms with Crippen LogP contribution in [0.3, 0.4) is 0 Å². The molecule has 0 radical (unpaired) electrons. The number of hydrogen-bond donors (Lipinski definition) is 1. The van der Waals surface area contributed by atoms with Crippen molar-refractivity contribution in [3.8, 4) is 16.9 Å². The van der Waals surface area contributed by atoms with Crippen molar-refractivity contribution in [2.45, 2.75) is 82.5 Å². The highest BCUT2D eigenvalue weighted by Crippen LogP contribution is 2.46. The van der Waals surface area contributed by atoms with E-state index in [2.05, 4.69) is 68.0 Å². The molecule has 0 bridgehead atoms. The summed E-state index contributed by atoms with van der Waals surface area (Å²) in [6.45, 7) is 6.65. The maximum Gasteiger partial charge on any atom is 0.234 e. The van der Waals surface area contributed by atoms with Crippen LogP contribution in [0.1, 0.15) is 76.3 Å². The maximum absolute atomic E-state index is 12.5. The summed E-state index contributed by atoms with van der Waals surface area (Å²) in [5, 5.41) is 0. The first kappa shape index (κ1) is 21.3. The molecule has 0 aromatic heterocycles. The highest BCUT2D eigenvalue weighted by molar-refractivity contribution is 7.99. The van der Waals surface area contributed by atoms with E-state index in [4.69, 9.17) is 4.74 Å². The van der Waals surface area contributed by atoms with Gasteiger partial charge in [-0.2, -0.15) is 0 Å². The molecule has 160 valence electrons. The second kappa shape index (κ2) is 9.05. The van der Waals surface area contributed by atoms with E-state index >= 15 is 0 Å². The van der Waals surface area contributed by atoms with Gasteiger partial charge in [0.05, 0.1) is 12.5 Å². The Bertz CT molecular complexity index is 898. The third-order valence-corrected chi connectivity index (χ3v) is 7.47. The molecule has 0 atom stereocenters. The van der Waals surface area contributed by atoms with Gasteiger partial charge in [-0.3, -0.25) is 9.52 Å². The third-order valence-electron chi connectivity index (χ3n) is 6.24. The van der Waals surface area contributed by atoms with Gasteiger partial charge in [0.2, 0.25) is 5.91 Å². The molecule has 2 aliphatic rings. The molecule has 1 N–H and O–H groups in total. The zero-order chi connectivity index (χ0) is 21.1. The van der Waals surface area contributed by atoms with Crippen molar-refractivity contribution in [2.24, 2.45) is 0 Å². The summed E-state index contributed by atoms with van der Waals surface area (Å²) in [7, 11) is 0. The van der Waals surface area contributed by atoms with E-state index in [-0.39, 0.29) is 10.7 Å². The van der Waals surface area contributed by atoms with Crippen LogP contribution in [0.15, 0.2) is 42.5 Å². The van der Waals surface area contributed by atoms with Crippen molar-refractivity contribution in [1.82, 2.24) is 4.72 Å². The Morgan fingerprint density at radius 2 is 1.87 bits per heavy atom. The van der Waals surface area contributed by atoms with Gasteiger partial charge in [-0.1, -0.05) is 44.2 Å². The molecule has 0 saturated heterocycles. The van der Waals surface area contributed by atoms with Crippen LogP contribution in [-0.4, -0.2) is 16.8 Å². The second-order valence-corrected chi connectivity index (χ2v) is 10.7. The number of rotatable bonds is 8. The smallest absolute Gasteiger partial charge is 0.234 e. The number of carbonyl (C=O) groups is 1. The summed E-state index contributed by atoms with van der Waals surface area (Å²) in [6, 6.07) is 14.9. The van der Waals surface area contributed by atoms with Crippen molar-refractivity contribution >= 4 is 17.9 Å². The molecule has 4 rings (SSSR count). The van der Waals surface area contributed by atoms with Crippen molar-refractivity contribution in [2.75, 3.05) is 0 Å². The minimum absolute atomic E-state index is 0.0701. The second-order valence-electron chi connectivity index (χ2n) is 9.35. The Labute approximate surface area is 185 Å². The zero-order valence-electron chi connectivity index (χ0n) is 18.4. The molecule has 30 heavy (non-hydrogen) atoms. The Kier molecular flexibility index (Phi) is 6.43. The van der Waals surface area contributed by atoms with Crippen LogP contribution in [0.5, 0.6) is 5.75 Å². The van der Waals surface area contributed by atoms with Crippen LogP contribution >= 0.6 is 11.9 Å². The van der Waals surface area contributed by atoms with Crippen molar-refractivity contribution in [1.29, 1.82) is 0 Å². The Morgan fingerprint density at radius 3 is 2.57 bits per heavy atom. The lowest BCUT2D eigenvalue weighted by atomic mass is 9.91. The van der Waals surface area contributed by atoms with Crippen LogP contribution in [0.2, 0.25) is 0 Å². The average molecular weight is 424 g/mol. The molecular weight excluding hydrogens is 390 g/mol. The normalized spacial score (nSPS) is 17.9. The molecule has 3 nitrogen and oxygen atoms in total. The van der Waals surface area contributed by atoms with E-state index in [0.29, 0.717) is 18.4 Å². The van der Waals surface area contributed by atoms with E-state index in [9.17, 15) is 4.79 Å². The summed E-state index contributed by atoms with van der Waals surface area (Å²) < 4.78 is 9.74. The SMILES string of the molecule is CC(C)c1ccccc1-c1cc(CC(=O)NSC2(C)CC2)ccc1OC1CCCC1. The van der Waals surface area contributed by atoms with Gasteiger partial charge >= 0.3 is 0 Å². The van der Waals surface area contributed by atoms with Gasteiger partial charge in [0, 0.05) is 10.3 Å². The Hall–Kier alpha value is -1.94. The quantitative estimate of drug-likeness (QED) is 0.483.